The summed E-state index contributed by atoms with van der Waals surface area (Å²) in [5.41, 5.74) is 4.10. The highest BCUT2D eigenvalue weighted by Crippen LogP contribution is 2.32. The summed E-state index contributed by atoms with van der Waals surface area (Å²) >= 11 is 11.8. The molecule has 0 saturated carbocycles. The molecule has 1 aromatic heterocycles. The number of thiocarbonyl (C=S) groups is 1. The Bertz CT molecular complexity index is 1520. The summed E-state index contributed by atoms with van der Waals surface area (Å²) in [6.45, 7) is 0.408. The van der Waals surface area contributed by atoms with Crippen molar-refractivity contribution in [1.29, 1.82) is 0 Å². The SMILES string of the molecule is O=C(NC(=S)Nc1ccc(Cl)c(-c2nc3ccccc3o2)c1)c1cccc(OCc2ccccc2)c1. The van der Waals surface area contributed by atoms with Gasteiger partial charge >= 0.3 is 0 Å². The maximum Gasteiger partial charge on any atom is 0.257 e. The van der Waals surface area contributed by atoms with E-state index in [0.717, 1.165) is 11.1 Å². The molecule has 0 aliphatic heterocycles. The van der Waals surface area contributed by atoms with Crippen molar-refractivity contribution in [3.63, 3.8) is 0 Å². The highest BCUT2D eigenvalue weighted by atomic mass is 35.5. The topological polar surface area (TPSA) is 76.4 Å². The number of benzene rings is 4. The number of aromatic nitrogens is 1. The molecule has 4 aromatic carbocycles. The minimum absolute atomic E-state index is 0.140. The molecule has 0 bridgehead atoms. The van der Waals surface area contributed by atoms with Crippen LogP contribution in [0.3, 0.4) is 0 Å². The number of hydrogen-bond donors (Lipinski definition) is 2. The Morgan fingerprint density at radius 3 is 2.58 bits per heavy atom. The highest BCUT2D eigenvalue weighted by molar-refractivity contribution is 7.80. The number of halogens is 1. The van der Waals surface area contributed by atoms with Crippen molar-refractivity contribution in [3.8, 4) is 17.2 Å². The van der Waals surface area contributed by atoms with Crippen LogP contribution < -0.4 is 15.4 Å². The van der Waals surface area contributed by atoms with E-state index in [1.807, 2.05) is 54.6 Å². The lowest BCUT2D eigenvalue weighted by Crippen LogP contribution is -2.34. The Morgan fingerprint density at radius 1 is 0.944 bits per heavy atom. The van der Waals surface area contributed by atoms with Gasteiger partial charge in [0.15, 0.2) is 10.7 Å². The van der Waals surface area contributed by atoms with Crippen LogP contribution in [0.25, 0.3) is 22.6 Å². The van der Waals surface area contributed by atoms with Gasteiger partial charge in [0.2, 0.25) is 5.89 Å². The van der Waals surface area contributed by atoms with Gasteiger partial charge in [-0.05, 0) is 66.3 Å². The number of oxazole rings is 1. The summed E-state index contributed by atoms with van der Waals surface area (Å²) in [6.07, 6.45) is 0. The number of nitrogens with one attached hydrogen (secondary N) is 2. The van der Waals surface area contributed by atoms with Gasteiger partial charge in [-0.1, -0.05) is 60.1 Å². The molecule has 36 heavy (non-hydrogen) atoms. The van der Waals surface area contributed by atoms with E-state index in [4.69, 9.17) is 33.0 Å². The third-order valence-electron chi connectivity index (χ3n) is 5.32. The number of para-hydroxylation sites is 2. The standard InChI is InChI=1S/C28H20ClN3O3S/c29-23-14-13-20(16-22(23)27-31-24-11-4-5-12-25(24)35-27)30-28(36)32-26(33)19-9-6-10-21(15-19)34-17-18-7-2-1-3-8-18/h1-16H,17H2,(H2,30,32,33,36). The first kappa shape index (κ1) is 23.5. The lowest BCUT2D eigenvalue weighted by Gasteiger charge is -2.12. The fourth-order valence-corrected chi connectivity index (χ4v) is 3.97. The molecule has 6 nitrogen and oxygen atoms in total. The molecule has 2 N–H and O–H groups in total. The minimum atomic E-state index is -0.356. The zero-order valence-electron chi connectivity index (χ0n) is 18.9. The number of carbonyl (C=O) groups is 1. The van der Waals surface area contributed by atoms with E-state index in [1.165, 1.54) is 0 Å². The fraction of sp³-hybridized carbons (Fsp3) is 0.0357. The Kier molecular flexibility index (Phi) is 6.93. The Balaban J connectivity index is 1.24. The number of anilines is 1. The first-order valence-corrected chi connectivity index (χ1v) is 11.9. The molecule has 1 amide bonds. The van der Waals surface area contributed by atoms with E-state index in [-0.39, 0.29) is 11.0 Å². The molecule has 0 spiro atoms. The molecule has 0 fully saturated rings. The largest absolute Gasteiger partial charge is 0.489 e. The van der Waals surface area contributed by atoms with Gasteiger partial charge in [-0.3, -0.25) is 10.1 Å². The molecule has 5 rings (SSSR count). The van der Waals surface area contributed by atoms with Crippen LogP contribution in [0.1, 0.15) is 15.9 Å². The summed E-state index contributed by atoms with van der Waals surface area (Å²) in [4.78, 5) is 17.3. The van der Waals surface area contributed by atoms with Crippen molar-refractivity contribution in [3.05, 3.63) is 113 Å². The second kappa shape index (κ2) is 10.6. The molecule has 0 saturated heterocycles. The number of ether oxygens (including phenoxy) is 1. The van der Waals surface area contributed by atoms with E-state index in [0.29, 0.717) is 45.7 Å². The smallest absolute Gasteiger partial charge is 0.257 e. The van der Waals surface area contributed by atoms with Crippen molar-refractivity contribution in [2.75, 3.05) is 5.32 Å². The average molecular weight is 514 g/mol. The van der Waals surface area contributed by atoms with Crippen LogP contribution >= 0.6 is 23.8 Å². The molecule has 0 aliphatic carbocycles. The molecule has 8 heteroatoms. The molecule has 5 aromatic rings. The molecule has 0 atom stereocenters. The van der Waals surface area contributed by atoms with Gasteiger partial charge in [0.25, 0.3) is 5.91 Å². The number of hydrogen-bond acceptors (Lipinski definition) is 5. The number of carbonyl (C=O) groups excluding carboxylic acids is 1. The van der Waals surface area contributed by atoms with Crippen LogP contribution in [-0.4, -0.2) is 16.0 Å². The normalized spacial score (nSPS) is 10.7. The minimum Gasteiger partial charge on any atom is -0.489 e. The van der Waals surface area contributed by atoms with Gasteiger partial charge in [-0.25, -0.2) is 4.98 Å². The second-order valence-corrected chi connectivity index (χ2v) is 8.71. The molecular weight excluding hydrogens is 494 g/mol. The van der Waals surface area contributed by atoms with Crippen molar-refractivity contribution in [1.82, 2.24) is 10.3 Å². The molecule has 0 unspecified atom stereocenters. The number of amides is 1. The average Bonchev–Trinajstić information content (AvgIpc) is 3.33. The van der Waals surface area contributed by atoms with Gasteiger partial charge in [0.05, 0.1) is 10.6 Å². The van der Waals surface area contributed by atoms with Crippen LogP contribution in [0, 0.1) is 0 Å². The maximum atomic E-state index is 12.8. The predicted molar refractivity (Wildman–Crippen MR) is 145 cm³/mol. The maximum absolute atomic E-state index is 12.8. The van der Waals surface area contributed by atoms with Crippen LogP contribution in [0.2, 0.25) is 5.02 Å². The van der Waals surface area contributed by atoms with E-state index in [1.54, 1.807) is 42.5 Å². The van der Waals surface area contributed by atoms with Gasteiger partial charge in [-0.2, -0.15) is 0 Å². The summed E-state index contributed by atoms with van der Waals surface area (Å²) in [7, 11) is 0. The molecule has 1 heterocycles. The van der Waals surface area contributed by atoms with Crippen molar-refractivity contribution in [2.45, 2.75) is 6.61 Å². The summed E-state index contributed by atoms with van der Waals surface area (Å²) in [5.74, 6) is 0.629. The third kappa shape index (κ3) is 5.54. The van der Waals surface area contributed by atoms with E-state index >= 15 is 0 Å². The third-order valence-corrected chi connectivity index (χ3v) is 5.85. The van der Waals surface area contributed by atoms with E-state index in [2.05, 4.69) is 15.6 Å². The van der Waals surface area contributed by atoms with E-state index in [9.17, 15) is 4.79 Å². The highest BCUT2D eigenvalue weighted by Gasteiger charge is 2.14. The van der Waals surface area contributed by atoms with Gasteiger partial charge < -0.3 is 14.5 Å². The molecule has 0 radical (unpaired) electrons. The Morgan fingerprint density at radius 2 is 1.75 bits per heavy atom. The van der Waals surface area contributed by atoms with Gasteiger partial charge in [0.1, 0.15) is 17.9 Å². The van der Waals surface area contributed by atoms with Crippen LogP contribution in [0.5, 0.6) is 5.75 Å². The van der Waals surface area contributed by atoms with Crippen LogP contribution in [0.4, 0.5) is 5.69 Å². The quantitative estimate of drug-likeness (QED) is 0.242. The Labute approximate surface area is 217 Å². The zero-order valence-corrected chi connectivity index (χ0v) is 20.5. The van der Waals surface area contributed by atoms with Crippen molar-refractivity contribution < 1.29 is 13.9 Å². The predicted octanol–water partition coefficient (Wildman–Crippen LogP) is 6.85. The lowest BCUT2D eigenvalue weighted by molar-refractivity contribution is 0.0977. The van der Waals surface area contributed by atoms with Crippen LogP contribution in [-0.2, 0) is 6.61 Å². The van der Waals surface area contributed by atoms with Gasteiger partial charge in [-0.15, -0.1) is 0 Å². The van der Waals surface area contributed by atoms with Crippen molar-refractivity contribution in [2.24, 2.45) is 0 Å². The number of fused-ring (bicyclic) bond motifs is 1. The molecule has 0 aliphatic rings. The van der Waals surface area contributed by atoms with E-state index < -0.39 is 0 Å². The number of nitrogens with zero attached hydrogens (tertiary/aromatic N) is 1. The van der Waals surface area contributed by atoms with Crippen LogP contribution in [0.15, 0.2) is 101 Å². The second-order valence-electron chi connectivity index (χ2n) is 7.89. The summed E-state index contributed by atoms with van der Waals surface area (Å²) in [5, 5.41) is 6.33. The fourth-order valence-electron chi connectivity index (χ4n) is 3.56. The van der Waals surface area contributed by atoms with Gasteiger partial charge in [0, 0.05) is 11.3 Å². The van der Waals surface area contributed by atoms with Crippen molar-refractivity contribution >= 4 is 51.6 Å². The lowest BCUT2D eigenvalue weighted by atomic mass is 10.2. The monoisotopic (exact) mass is 513 g/mol. The zero-order chi connectivity index (χ0) is 24.9. The first-order valence-electron chi connectivity index (χ1n) is 11.1. The summed E-state index contributed by atoms with van der Waals surface area (Å²) < 4.78 is 11.7. The number of rotatable bonds is 6. The Hall–Kier alpha value is -4.20. The summed E-state index contributed by atoms with van der Waals surface area (Å²) in [6, 6.07) is 29.5. The molecular formula is C28H20ClN3O3S. The molecule has 178 valence electrons. The first-order chi connectivity index (χ1) is 17.5.